The highest BCUT2D eigenvalue weighted by Crippen LogP contribution is 2.28. The van der Waals surface area contributed by atoms with Crippen LogP contribution in [-0.2, 0) is 16.8 Å². The molecule has 1 amide bonds. The molecule has 162 valence electrons. The standard InChI is InChI=1S/C25H30N4OS/c1-6-17-29-23(19-13-15-20(16-14-19)25(3,4)5)26-27-24(29)31-18-22(30)28(7-2)21-11-9-8-10-12-21/h6,8-16H,1,7,17-18H2,2-5H3. The predicted octanol–water partition coefficient (Wildman–Crippen LogP) is 5.57. The number of hydrogen-bond donors (Lipinski definition) is 0. The van der Waals surface area contributed by atoms with Crippen molar-refractivity contribution >= 4 is 23.4 Å². The van der Waals surface area contributed by atoms with Crippen LogP contribution in [0.5, 0.6) is 0 Å². The summed E-state index contributed by atoms with van der Waals surface area (Å²) in [6, 6.07) is 18.2. The van der Waals surface area contributed by atoms with Gasteiger partial charge in [0.1, 0.15) is 0 Å². The van der Waals surface area contributed by atoms with Gasteiger partial charge < -0.3 is 4.90 Å². The molecule has 31 heavy (non-hydrogen) atoms. The maximum Gasteiger partial charge on any atom is 0.237 e. The van der Waals surface area contributed by atoms with Crippen LogP contribution in [0, 0.1) is 0 Å². The molecule has 0 fully saturated rings. The van der Waals surface area contributed by atoms with E-state index in [1.54, 1.807) is 4.90 Å². The summed E-state index contributed by atoms with van der Waals surface area (Å²) in [5.74, 6) is 1.12. The molecule has 0 N–H and O–H groups in total. The second-order valence-electron chi connectivity index (χ2n) is 8.30. The van der Waals surface area contributed by atoms with Crippen molar-refractivity contribution in [1.82, 2.24) is 14.8 Å². The monoisotopic (exact) mass is 434 g/mol. The lowest BCUT2D eigenvalue weighted by Gasteiger charge is -2.20. The van der Waals surface area contributed by atoms with E-state index in [1.165, 1.54) is 17.3 Å². The molecule has 2 aromatic carbocycles. The summed E-state index contributed by atoms with van der Waals surface area (Å²) in [5, 5.41) is 9.50. The Morgan fingerprint density at radius 2 is 1.77 bits per heavy atom. The number of hydrogen-bond acceptors (Lipinski definition) is 4. The van der Waals surface area contributed by atoms with Crippen molar-refractivity contribution in [3.8, 4) is 11.4 Å². The van der Waals surface area contributed by atoms with Gasteiger partial charge in [-0.25, -0.2) is 0 Å². The van der Waals surface area contributed by atoms with Crippen LogP contribution in [0.3, 0.4) is 0 Å². The smallest absolute Gasteiger partial charge is 0.237 e. The maximum absolute atomic E-state index is 12.9. The second-order valence-corrected chi connectivity index (χ2v) is 9.24. The van der Waals surface area contributed by atoms with Gasteiger partial charge in [-0.05, 0) is 30.0 Å². The number of amides is 1. The Morgan fingerprint density at radius 1 is 1.10 bits per heavy atom. The average molecular weight is 435 g/mol. The highest BCUT2D eigenvalue weighted by Gasteiger charge is 2.19. The maximum atomic E-state index is 12.9. The summed E-state index contributed by atoms with van der Waals surface area (Å²) in [6.07, 6.45) is 1.82. The summed E-state index contributed by atoms with van der Waals surface area (Å²) < 4.78 is 2.01. The summed E-state index contributed by atoms with van der Waals surface area (Å²) in [4.78, 5) is 14.6. The van der Waals surface area contributed by atoms with Crippen LogP contribution in [0.15, 0.2) is 72.4 Å². The van der Waals surface area contributed by atoms with Crippen LogP contribution >= 0.6 is 11.8 Å². The number of rotatable bonds is 8. The number of thioether (sulfide) groups is 1. The molecule has 0 bridgehead atoms. The molecule has 0 aliphatic carbocycles. The van der Waals surface area contributed by atoms with Gasteiger partial charge in [0.2, 0.25) is 5.91 Å². The quantitative estimate of drug-likeness (QED) is 0.343. The van der Waals surface area contributed by atoms with E-state index in [9.17, 15) is 4.79 Å². The third-order valence-corrected chi connectivity index (χ3v) is 6.00. The third-order valence-electron chi connectivity index (χ3n) is 5.05. The zero-order chi connectivity index (χ0) is 22.4. The summed E-state index contributed by atoms with van der Waals surface area (Å²) in [6.45, 7) is 13.6. The Hall–Kier alpha value is -2.86. The molecule has 0 aliphatic heterocycles. The molecule has 3 aromatic rings. The van der Waals surface area contributed by atoms with Crippen molar-refractivity contribution < 1.29 is 4.79 Å². The topological polar surface area (TPSA) is 51.0 Å². The molecule has 3 rings (SSSR count). The number of benzene rings is 2. The molecular weight excluding hydrogens is 404 g/mol. The lowest BCUT2D eigenvalue weighted by molar-refractivity contribution is -0.116. The molecule has 1 aromatic heterocycles. The van der Waals surface area contributed by atoms with Gasteiger partial charge in [-0.3, -0.25) is 9.36 Å². The molecule has 6 heteroatoms. The van der Waals surface area contributed by atoms with Crippen LogP contribution in [0.4, 0.5) is 5.69 Å². The number of anilines is 1. The lowest BCUT2D eigenvalue weighted by Crippen LogP contribution is -2.32. The predicted molar refractivity (Wildman–Crippen MR) is 130 cm³/mol. The van der Waals surface area contributed by atoms with Crippen molar-refractivity contribution in [1.29, 1.82) is 0 Å². The fourth-order valence-corrected chi connectivity index (χ4v) is 4.16. The minimum absolute atomic E-state index is 0.0444. The Morgan fingerprint density at radius 3 is 2.35 bits per heavy atom. The van der Waals surface area contributed by atoms with E-state index in [0.29, 0.717) is 24.0 Å². The van der Waals surface area contributed by atoms with Crippen molar-refractivity contribution in [2.24, 2.45) is 0 Å². The molecule has 0 saturated heterocycles. The van der Waals surface area contributed by atoms with Gasteiger partial charge >= 0.3 is 0 Å². The number of para-hydroxylation sites is 1. The lowest BCUT2D eigenvalue weighted by atomic mass is 9.87. The summed E-state index contributed by atoms with van der Waals surface area (Å²) in [7, 11) is 0. The van der Waals surface area contributed by atoms with Crippen LogP contribution in [-0.4, -0.2) is 33.0 Å². The van der Waals surface area contributed by atoms with Gasteiger partial charge in [-0.1, -0.05) is 81.1 Å². The first-order valence-electron chi connectivity index (χ1n) is 10.5. The fraction of sp³-hybridized carbons (Fsp3) is 0.320. The van der Waals surface area contributed by atoms with Crippen molar-refractivity contribution in [2.75, 3.05) is 17.2 Å². The first kappa shape index (κ1) is 22.8. The molecule has 0 atom stereocenters. The third kappa shape index (κ3) is 5.44. The van der Waals surface area contributed by atoms with E-state index >= 15 is 0 Å². The molecule has 0 unspecified atom stereocenters. The second kappa shape index (κ2) is 9.96. The van der Waals surface area contributed by atoms with E-state index in [1.807, 2.05) is 47.9 Å². The highest BCUT2D eigenvalue weighted by atomic mass is 32.2. The number of carbonyl (C=O) groups is 1. The zero-order valence-corrected chi connectivity index (χ0v) is 19.5. The first-order chi connectivity index (χ1) is 14.8. The minimum Gasteiger partial charge on any atom is -0.312 e. The molecule has 0 aliphatic rings. The zero-order valence-electron chi connectivity index (χ0n) is 18.7. The molecule has 0 spiro atoms. The molecule has 0 radical (unpaired) electrons. The average Bonchev–Trinajstić information content (AvgIpc) is 3.16. The Bertz CT molecular complexity index is 1020. The first-order valence-corrected chi connectivity index (χ1v) is 11.5. The molecule has 0 saturated carbocycles. The Kier molecular flexibility index (Phi) is 7.33. The SMILES string of the molecule is C=CCn1c(SCC(=O)N(CC)c2ccccc2)nnc1-c1ccc(C(C)(C)C)cc1. The summed E-state index contributed by atoms with van der Waals surface area (Å²) >= 11 is 1.41. The van der Waals surface area contributed by atoms with Gasteiger partial charge in [0.15, 0.2) is 11.0 Å². The fourth-order valence-electron chi connectivity index (χ4n) is 3.34. The van der Waals surface area contributed by atoms with E-state index in [0.717, 1.165) is 17.1 Å². The van der Waals surface area contributed by atoms with Crippen LogP contribution < -0.4 is 4.90 Å². The highest BCUT2D eigenvalue weighted by molar-refractivity contribution is 7.99. The number of carbonyl (C=O) groups excluding carboxylic acids is 1. The Labute approximate surface area is 189 Å². The van der Waals surface area contributed by atoms with E-state index in [2.05, 4.69) is 61.8 Å². The minimum atomic E-state index is 0.0444. The summed E-state index contributed by atoms with van der Waals surface area (Å²) in [5.41, 5.74) is 3.27. The van der Waals surface area contributed by atoms with Gasteiger partial charge in [0, 0.05) is 24.3 Å². The van der Waals surface area contributed by atoms with E-state index in [-0.39, 0.29) is 11.3 Å². The van der Waals surface area contributed by atoms with Gasteiger partial charge in [-0.15, -0.1) is 16.8 Å². The van der Waals surface area contributed by atoms with Crippen molar-refractivity contribution in [2.45, 2.75) is 44.8 Å². The van der Waals surface area contributed by atoms with Gasteiger partial charge in [-0.2, -0.15) is 0 Å². The largest absolute Gasteiger partial charge is 0.312 e. The number of aromatic nitrogens is 3. The number of allylic oxidation sites excluding steroid dienone is 1. The van der Waals surface area contributed by atoms with Crippen molar-refractivity contribution in [3.63, 3.8) is 0 Å². The van der Waals surface area contributed by atoms with Crippen LogP contribution in [0.2, 0.25) is 0 Å². The van der Waals surface area contributed by atoms with Crippen LogP contribution in [0.25, 0.3) is 11.4 Å². The van der Waals surface area contributed by atoms with E-state index < -0.39 is 0 Å². The normalized spacial score (nSPS) is 11.4. The van der Waals surface area contributed by atoms with E-state index in [4.69, 9.17) is 0 Å². The van der Waals surface area contributed by atoms with Crippen molar-refractivity contribution in [3.05, 3.63) is 72.8 Å². The Balaban J connectivity index is 1.79. The van der Waals surface area contributed by atoms with Gasteiger partial charge in [0.25, 0.3) is 0 Å². The molecule has 5 nitrogen and oxygen atoms in total. The number of nitrogens with zero attached hydrogens (tertiary/aromatic N) is 4. The molecule has 1 heterocycles. The van der Waals surface area contributed by atoms with Crippen LogP contribution in [0.1, 0.15) is 33.3 Å². The van der Waals surface area contributed by atoms with Gasteiger partial charge in [0.05, 0.1) is 5.75 Å². The molecular formula is C25H30N4OS.